The van der Waals surface area contributed by atoms with E-state index in [9.17, 15) is 20.1 Å². The topological polar surface area (TPSA) is 107 Å². The molecule has 0 aliphatic heterocycles. The molecule has 0 radical (unpaired) electrons. The molecule has 2 aliphatic carbocycles. The van der Waals surface area contributed by atoms with Crippen LogP contribution in [0, 0.1) is 23.2 Å². The number of fused-ring (bicyclic) bond motifs is 1. The lowest BCUT2D eigenvalue weighted by atomic mass is 9.65. The minimum absolute atomic E-state index is 0.0393. The van der Waals surface area contributed by atoms with Crippen molar-refractivity contribution in [2.45, 2.75) is 97.7 Å². The van der Waals surface area contributed by atoms with Crippen molar-refractivity contribution in [3.8, 4) is 0 Å². The lowest BCUT2D eigenvalue weighted by Crippen LogP contribution is -2.45. The van der Waals surface area contributed by atoms with Gasteiger partial charge < -0.3 is 25.2 Å². The lowest BCUT2D eigenvalue weighted by molar-refractivity contribution is -0.137. The Balaban J connectivity index is 2.13. The Labute approximate surface area is 187 Å². The average molecular weight is 439 g/mol. The predicted molar refractivity (Wildman–Crippen MR) is 121 cm³/mol. The smallest absolute Gasteiger partial charge is 0.303 e. The van der Waals surface area contributed by atoms with Gasteiger partial charge >= 0.3 is 5.97 Å². The largest absolute Gasteiger partial charge is 0.512 e. The number of aliphatic hydroxyl groups is 3. The SMILES string of the molecule is CCCC(C)(C)CO[C@H]1C[C@H](O)C(O)=C2C=C(O)[C@@H](C)[C@@H](CCCCCCC(=O)O)[C@H]21. The number of aliphatic hydroxyl groups excluding tert-OH is 3. The average Bonchev–Trinajstić information content (AvgIpc) is 2.69. The zero-order valence-electron chi connectivity index (χ0n) is 19.6. The molecule has 2 rings (SSSR count). The number of carboxylic acid groups (broad SMARTS) is 1. The molecule has 0 heterocycles. The number of ether oxygens (including phenoxy) is 1. The van der Waals surface area contributed by atoms with Crippen molar-refractivity contribution < 1.29 is 30.0 Å². The molecule has 0 saturated heterocycles. The fourth-order valence-corrected chi connectivity index (χ4v) is 5.23. The monoisotopic (exact) mass is 438 g/mol. The molecular formula is C25H42O6. The second-order valence-electron chi connectivity index (χ2n) is 10.2. The molecule has 0 fully saturated rings. The molecule has 6 heteroatoms. The predicted octanol–water partition coefficient (Wildman–Crippen LogP) is 5.52. The number of unbranched alkanes of at least 4 members (excludes halogenated alkanes) is 3. The number of hydrogen-bond acceptors (Lipinski definition) is 5. The van der Waals surface area contributed by atoms with Crippen LogP contribution in [0.1, 0.15) is 85.5 Å². The van der Waals surface area contributed by atoms with Crippen LogP contribution in [-0.4, -0.2) is 45.2 Å². The van der Waals surface area contributed by atoms with E-state index >= 15 is 0 Å². The van der Waals surface area contributed by atoms with Crippen molar-refractivity contribution in [3.63, 3.8) is 0 Å². The van der Waals surface area contributed by atoms with E-state index in [1.165, 1.54) is 0 Å². The van der Waals surface area contributed by atoms with Crippen molar-refractivity contribution in [1.82, 2.24) is 0 Å². The maximum absolute atomic E-state index is 10.7. The molecule has 0 bridgehead atoms. The summed E-state index contributed by atoms with van der Waals surface area (Å²) in [5.41, 5.74) is 0.657. The van der Waals surface area contributed by atoms with Gasteiger partial charge in [0.25, 0.3) is 0 Å². The molecule has 178 valence electrons. The first-order chi connectivity index (χ1) is 14.6. The third kappa shape index (κ3) is 6.98. The van der Waals surface area contributed by atoms with E-state index in [0.717, 1.165) is 38.5 Å². The highest BCUT2D eigenvalue weighted by Gasteiger charge is 2.46. The molecule has 6 nitrogen and oxygen atoms in total. The van der Waals surface area contributed by atoms with Crippen LogP contribution in [0.4, 0.5) is 0 Å². The molecule has 0 amide bonds. The van der Waals surface area contributed by atoms with Gasteiger partial charge in [-0.05, 0) is 36.7 Å². The number of hydrogen-bond donors (Lipinski definition) is 4. The van der Waals surface area contributed by atoms with Crippen LogP contribution in [0.5, 0.6) is 0 Å². The first kappa shape index (κ1) is 25.7. The summed E-state index contributed by atoms with van der Waals surface area (Å²) in [6.45, 7) is 9.14. The van der Waals surface area contributed by atoms with Crippen molar-refractivity contribution >= 4 is 5.97 Å². The molecular weight excluding hydrogens is 396 g/mol. The van der Waals surface area contributed by atoms with Crippen LogP contribution in [0.3, 0.4) is 0 Å². The van der Waals surface area contributed by atoms with E-state index in [-0.39, 0.29) is 47.2 Å². The van der Waals surface area contributed by atoms with Gasteiger partial charge in [0, 0.05) is 30.3 Å². The Hall–Kier alpha value is -1.53. The summed E-state index contributed by atoms with van der Waals surface area (Å²) in [5.74, 6) is -0.562. The number of allylic oxidation sites excluding steroid dienone is 2. The molecule has 0 aromatic heterocycles. The van der Waals surface area contributed by atoms with Gasteiger partial charge in [-0.3, -0.25) is 4.79 Å². The fraction of sp³-hybridized carbons (Fsp3) is 0.800. The Morgan fingerprint density at radius 3 is 2.52 bits per heavy atom. The molecule has 5 atom stereocenters. The normalized spacial score (nSPS) is 28.9. The maximum Gasteiger partial charge on any atom is 0.303 e. The van der Waals surface area contributed by atoms with Gasteiger partial charge in [0.15, 0.2) is 0 Å². The number of aliphatic carboxylic acids is 1. The summed E-state index contributed by atoms with van der Waals surface area (Å²) < 4.78 is 6.39. The van der Waals surface area contributed by atoms with Crippen LogP contribution < -0.4 is 0 Å². The number of rotatable bonds is 12. The van der Waals surface area contributed by atoms with Crippen LogP contribution >= 0.6 is 0 Å². The van der Waals surface area contributed by atoms with Gasteiger partial charge in [0.05, 0.1) is 18.5 Å². The second-order valence-corrected chi connectivity index (χ2v) is 10.2. The summed E-state index contributed by atoms with van der Waals surface area (Å²) in [7, 11) is 0. The summed E-state index contributed by atoms with van der Waals surface area (Å²) >= 11 is 0. The molecule has 2 aliphatic rings. The molecule has 0 aromatic carbocycles. The van der Waals surface area contributed by atoms with Crippen LogP contribution in [0.2, 0.25) is 0 Å². The van der Waals surface area contributed by atoms with Crippen molar-refractivity contribution in [2.24, 2.45) is 23.2 Å². The third-order valence-electron chi connectivity index (χ3n) is 6.99. The first-order valence-electron chi connectivity index (χ1n) is 11.9. The zero-order valence-corrected chi connectivity index (χ0v) is 19.6. The molecule has 4 N–H and O–H groups in total. The standard InChI is InChI=1S/C25H42O6/c1-5-12-25(3,4)15-31-21-14-20(27)24(30)18-13-19(26)16(2)17(23(18)21)10-8-6-7-9-11-22(28)29/h13,16-17,20-21,23,26-27,30H,5-12,14-15H2,1-4H3,(H,28,29)/t16-,17+,20-,21-,23+/m0/s1. The minimum Gasteiger partial charge on any atom is -0.512 e. The van der Waals surface area contributed by atoms with Gasteiger partial charge in [-0.25, -0.2) is 0 Å². The Kier molecular flexibility index (Phi) is 9.44. The Morgan fingerprint density at radius 2 is 1.87 bits per heavy atom. The van der Waals surface area contributed by atoms with E-state index in [0.29, 0.717) is 25.0 Å². The van der Waals surface area contributed by atoms with Gasteiger partial charge in [0.2, 0.25) is 0 Å². The molecule has 31 heavy (non-hydrogen) atoms. The Bertz CT molecular complexity index is 665. The van der Waals surface area contributed by atoms with E-state index in [1.54, 1.807) is 6.08 Å². The van der Waals surface area contributed by atoms with Crippen LogP contribution in [0.25, 0.3) is 0 Å². The van der Waals surface area contributed by atoms with Gasteiger partial charge in [-0.2, -0.15) is 0 Å². The molecule has 0 aromatic rings. The van der Waals surface area contributed by atoms with E-state index in [2.05, 4.69) is 20.8 Å². The van der Waals surface area contributed by atoms with E-state index in [4.69, 9.17) is 9.84 Å². The highest BCUT2D eigenvalue weighted by Crippen LogP contribution is 2.47. The highest BCUT2D eigenvalue weighted by atomic mass is 16.5. The third-order valence-corrected chi connectivity index (χ3v) is 6.99. The fourth-order valence-electron chi connectivity index (χ4n) is 5.23. The minimum atomic E-state index is -0.973. The van der Waals surface area contributed by atoms with Crippen LogP contribution in [-0.2, 0) is 9.53 Å². The van der Waals surface area contributed by atoms with E-state index in [1.807, 2.05) is 6.92 Å². The van der Waals surface area contributed by atoms with E-state index < -0.39 is 12.1 Å². The van der Waals surface area contributed by atoms with Crippen LogP contribution in [0.15, 0.2) is 23.2 Å². The maximum atomic E-state index is 10.7. The summed E-state index contributed by atoms with van der Waals surface area (Å²) in [4.78, 5) is 10.7. The zero-order chi connectivity index (χ0) is 23.2. The highest BCUT2D eigenvalue weighted by molar-refractivity contribution is 5.66. The Morgan fingerprint density at radius 1 is 1.19 bits per heavy atom. The van der Waals surface area contributed by atoms with Gasteiger partial charge in [0.1, 0.15) is 11.9 Å². The molecule has 0 spiro atoms. The van der Waals surface area contributed by atoms with Gasteiger partial charge in [-0.1, -0.05) is 53.4 Å². The lowest BCUT2D eigenvalue weighted by Gasteiger charge is -2.45. The van der Waals surface area contributed by atoms with Crippen molar-refractivity contribution in [1.29, 1.82) is 0 Å². The first-order valence-corrected chi connectivity index (χ1v) is 11.9. The van der Waals surface area contributed by atoms with Crippen molar-refractivity contribution in [3.05, 3.63) is 23.2 Å². The van der Waals surface area contributed by atoms with Gasteiger partial charge in [-0.15, -0.1) is 0 Å². The quantitative estimate of drug-likeness (QED) is 0.299. The number of carboxylic acids is 1. The molecule has 0 saturated carbocycles. The summed E-state index contributed by atoms with van der Waals surface area (Å²) in [6, 6.07) is 0. The summed E-state index contributed by atoms with van der Waals surface area (Å²) in [6.07, 6.45) is 7.44. The van der Waals surface area contributed by atoms with Crippen molar-refractivity contribution in [2.75, 3.05) is 6.61 Å². The second kappa shape index (κ2) is 11.4. The molecule has 0 unspecified atom stereocenters. The summed E-state index contributed by atoms with van der Waals surface area (Å²) in [5, 5.41) is 40.3. The number of carbonyl (C=O) groups is 1.